The van der Waals surface area contributed by atoms with E-state index < -0.39 is 0 Å². The Morgan fingerprint density at radius 1 is 1.12 bits per heavy atom. The molecule has 1 saturated heterocycles. The third kappa shape index (κ3) is 2.10. The Bertz CT molecular complexity index is 318. The zero-order valence-electron chi connectivity index (χ0n) is 11.0. The molecule has 2 saturated carbocycles. The zero-order chi connectivity index (χ0) is 11.9. The quantitative estimate of drug-likeness (QED) is 0.694. The first kappa shape index (κ1) is 11.5. The standard InChI is InChI=1S/C15H24N2/c1-12-6-9-17(11-15(12)7-8-15)14-4-2-13(10-16)3-5-14/h12-14H,2-9,11H2,1H3. The van der Waals surface area contributed by atoms with Crippen LogP contribution in [0.3, 0.4) is 0 Å². The summed E-state index contributed by atoms with van der Waals surface area (Å²) in [6, 6.07) is 3.24. The number of piperidine rings is 1. The largest absolute Gasteiger partial charge is 0.300 e. The summed E-state index contributed by atoms with van der Waals surface area (Å²) in [5, 5.41) is 8.95. The lowest BCUT2D eigenvalue weighted by atomic mass is 9.80. The van der Waals surface area contributed by atoms with Gasteiger partial charge in [-0.3, -0.25) is 4.90 Å². The SMILES string of the molecule is CC1CCN(C2CCC(C#N)CC2)CC12CC2. The van der Waals surface area contributed by atoms with E-state index in [-0.39, 0.29) is 0 Å². The van der Waals surface area contributed by atoms with Crippen LogP contribution in [0.15, 0.2) is 0 Å². The van der Waals surface area contributed by atoms with E-state index >= 15 is 0 Å². The van der Waals surface area contributed by atoms with Crippen LogP contribution >= 0.6 is 0 Å². The zero-order valence-corrected chi connectivity index (χ0v) is 11.0. The van der Waals surface area contributed by atoms with Gasteiger partial charge in [-0.2, -0.15) is 5.26 Å². The first-order valence-corrected chi connectivity index (χ1v) is 7.37. The summed E-state index contributed by atoms with van der Waals surface area (Å²) in [6.07, 6.45) is 9.15. The van der Waals surface area contributed by atoms with Crippen LogP contribution in [0.1, 0.15) is 51.9 Å². The van der Waals surface area contributed by atoms with Crippen LogP contribution in [0, 0.1) is 28.6 Å². The van der Waals surface area contributed by atoms with Crippen LogP contribution in [-0.2, 0) is 0 Å². The van der Waals surface area contributed by atoms with Gasteiger partial charge in [-0.1, -0.05) is 6.92 Å². The molecule has 0 aromatic heterocycles. The Kier molecular flexibility index (Phi) is 2.91. The van der Waals surface area contributed by atoms with Crippen molar-refractivity contribution in [1.82, 2.24) is 4.90 Å². The summed E-state index contributed by atoms with van der Waals surface area (Å²) in [7, 11) is 0. The lowest BCUT2D eigenvalue weighted by Gasteiger charge is -2.43. The number of hydrogen-bond acceptors (Lipinski definition) is 2. The molecule has 0 bridgehead atoms. The highest BCUT2D eigenvalue weighted by Crippen LogP contribution is 2.56. The van der Waals surface area contributed by atoms with E-state index in [0.717, 1.165) is 24.8 Å². The molecule has 1 atom stereocenters. The fourth-order valence-electron chi connectivity index (χ4n) is 4.00. The molecule has 0 aromatic carbocycles. The van der Waals surface area contributed by atoms with Gasteiger partial charge in [0.25, 0.3) is 0 Å². The molecule has 2 heteroatoms. The molecule has 2 aliphatic carbocycles. The van der Waals surface area contributed by atoms with Gasteiger partial charge in [0.15, 0.2) is 0 Å². The first-order valence-electron chi connectivity index (χ1n) is 7.37. The molecule has 0 N–H and O–H groups in total. The smallest absolute Gasteiger partial charge is 0.0655 e. The Balaban J connectivity index is 1.57. The second kappa shape index (κ2) is 4.28. The van der Waals surface area contributed by atoms with Crippen molar-refractivity contribution in [3.05, 3.63) is 0 Å². The predicted octanol–water partition coefficient (Wildman–Crippen LogP) is 3.19. The highest BCUT2D eigenvalue weighted by atomic mass is 15.2. The van der Waals surface area contributed by atoms with E-state index in [0.29, 0.717) is 11.3 Å². The Morgan fingerprint density at radius 3 is 2.41 bits per heavy atom. The fraction of sp³-hybridized carbons (Fsp3) is 0.933. The van der Waals surface area contributed by atoms with Crippen LogP contribution < -0.4 is 0 Å². The second-order valence-corrected chi connectivity index (χ2v) is 6.66. The first-order chi connectivity index (χ1) is 8.23. The van der Waals surface area contributed by atoms with Gasteiger partial charge in [0.2, 0.25) is 0 Å². The summed E-state index contributed by atoms with van der Waals surface area (Å²) < 4.78 is 0. The van der Waals surface area contributed by atoms with Crippen LogP contribution in [0.4, 0.5) is 0 Å². The molecule has 0 amide bonds. The fourth-order valence-corrected chi connectivity index (χ4v) is 4.00. The van der Waals surface area contributed by atoms with Gasteiger partial charge in [0.05, 0.1) is 6.07 Å². The van der Waals surface area contributed by atoms with Crippen molar-refractivity contribution in [1.29, 1.82) is 5.26 Å². The van der Waals surface area contributed by atoms with E-state index in [2.05, 4.69) is 17.9 Å². The second-order valence-electron chi connectivity index (χ2n) is 6.66. The molecule has 0 radical (unpaired) electrons. The van der Waals surface area contributed by atoms with Crippen LogP contribution in [0.25, 0.3) is 0 Å². The van der Waals surface area contributed by atoms with Crippen LogP contribution in [-0.4, -0.2) is 24.0 Å². The minimum absolute atomic E-state index is 0.352. The molecule has 0 aromatic rings. The number of rotatable bonds is 1. The molecular weight excluding hydrogens is 208 g/mol. The molecule has 1 unspecified atom stereocenters. The van der Waals surface area contributed by atoms with Crippen molar-refractivity contribution in [2.45, 2.75) is 57.9 Å². The molecule has 3 aliphatic rings. The monoisotopic (exact) mass is 232 g/mol. The lowest BCUT2D eigenvalue weighted by Crippen LogP contribution is -2.47. The lowest BCUT2D eigenvalue weighted by molar-refractivity contribution is 0.0542. The summed E-state index contributed by atoms with van der Waals surface area (Å²) in [5.74, 6) is 1.30. The van der Waals surface area contributed by atoms with Crippen molar-refractivity contribution in [2.75, 3.05) is 13.1 Å². The van der Waals surface area contributed by atoms with Crippen molar-refractivity contribution in [2.24, 2.45) is 17.3 Å². The molecular formula is C15H24N2. The third-order valence-electron chi connectivity index (χ3n) is 5.70. The maximum atomic E-state index is 8.95. The molecule has 1 heterocycles. The molecule has 17 heavy (non-hydrogen) atoms. The van der Waals surface area contributed by atoms with Crippen molar-refractivity contribution in [3.8, 4) is 6.07 Å². The molecule has 2 nitrogen and oxygen atoms in total. The van der Waals surface area contributed by atoms with Crippen molar-refractivity contribution in [3.63, 3.8) is 0 Å². The maximum absolute atomic E-state index is 8.95. The minimum Gasteiger partial charge on any atom is -0.300 e. The molecule has 3 fully saturated rings. The van der Waals surface area contributed by atoms with Gasteiger partial charge in [0, 0.05) is 18.5 Å². The Morgan fingerprint density at radius 2 is 1.82 bits per heavy atom. The van der Waals surface area contributed by atoms with Crippen LogP contribution in [0.5, 0.6) is 0 Å². The Labute approximate surface area is 105 Å². The van der Waals surface area contributed by atoms with Gasteiger partial charge >= 0.3 is 0 Å². The van der Waals surface area contributed by atoms with Gasteiger partial charge in [-0.25, -0.2) is 0 Å². The summed E-state index contributed by atoms with van der Waals surface area (Å²) in [4.78, 5) is 2.76. The van der Waals surface area contributed by atoms with E-state index in [4.69, 9.17) is 5.26 Å². The highest BCUT2D eigenvalue weighted by Gasteiger charge is 2.51. The summed E-state index contributed by atoms with van der Waals surface area (Å²) in [5.41, 5.74) is 0.713. The van der Waals surface area contributed by atoms with Crippen molar-refractivity contribution < 1.29 is 0 Å². The van der Waals surface area contributed by atoms with Gasteiger partial charge in [-0.05, 0) is 62.8 Å². The Hall–Kier alpha value is -0.550. The average Bonchev–Trinajstić information content (AvgIpc) is 3.14. The highest BCUT2D eigenvalue weighted by molar-refractivity contribution is 5.03. The average molecular weight is 232 g/mol. The summed E-state index contributed by atoms with van der Waals surface area (Å²) in [6.45, 7) is 5.12. The summed E-state index contributed by atoms with van der Waals surface area (Å²) >= 11 is 0. The number of nitrogens with zero attached hydrogens (tertiary/aromatic N) is 2. The van der Waals surface area contributed by atoms with E-state index in [1.807, 2.05) is 0 Å². The van der Waals surface area contributed by atoms with E-state index in [1.165, 1.54) is 45.2 Å². The topological polar surface area (TPSA) is 27.0 Å². The number of hydrogen-bond donors (Lipinski definition) is 0. The van der Waals surface area contributed by atoms with Gasteiger partial charge < -0.3 is 0 Å². The van der Waals surface area contributed by atoms with Crippen LogP contribution in [0.2, 0.25) is 0 Å². The molecule has 1 aliphatic heterocycles. The van der Waals surface area contributed by atoms with E-state index in [9.17, 15) is 0 Å². The molecule has 94 valence electrons. The van der Waals surface area contributed by atoms with Gasteiger partial charge in [0.1, 0.15) is 0 Å². The number of likely N-dealkylation sites (tertiary alicyclic amines) is 1. The third-order valence-corrected chi connectivity index (χ3v) is 5.70. The minimum atomic E-state index is 0.352. The van der Waals surface area contributed by atoms with E-state index in [1.54, 1.807) is 0 Å². The molecule has 3 rings (SSSR count). The number of nitriles is 1. The molecule has 1 spiro atoms. The predicted molar refractivity (Wildman–Crippen MR) is 68.4 cm³/mol. The maximum Gasteiger partial charge on any atom is 0.0655 e. The van der Waals surface area contributed by atoms with Gasteiger partial charge in [-0.15, -0.1) is 0 Å². The van der Waals surface area contributed by atoms with Crippen molar-refractivity contribution >= 4 is 0 Å². The normalized spacial score (nSPS) is 41.1.